The van der Waals surface area contributed by atoms with Crippen LogP contribution in [0.4, 0.5) is 0 Å². The number of aryl methyl sites for hydroxylation is 1. The van der Waals surface area contributed by atoms with Gasteiger partial charge in [0.05, 0.1) is 12.7 Å². The van der Waals surface area contributed by atoms with E-state index >= 15 is 0 Å². The SMILES string of the molecule is CN=C(NCCCn1ccc2ccccc21)N1CCOC(C2CCCO2)C1.I. The second-order valence-corrected chi connectivity index (χ2v) is 7.30. The number of fused-ring (bicyclic) bond motifs is 1. The van der Waals surface area contributed by atoms with Gasteiger partial charge < -0.3 is 24.3 Å². The molecule has 3 heterocycles. The van der Waals surface area contributed by atoms with E-state index in [-0.39, 0.29) is 36.2 Å². The zero-order chi connectivity index (χ0) is 18.5. The van der Waals surface area contributed by atoms with Gasteiger partial charge in [0.15, 0.2) is 5.96 Å². The normalized spacial score (nSPS) is 23.0. The smallest absolute Gasteiger partial charge is 0.193 e. The third-order valence-corrected chi connectivity index (χ3v) is 5.52. The molecular weight excluding hydrogens is 467 g/mol. The molecule has 2 aliphatic heterocycles. The third-order valence-electron chi connectivity index (χ3n) is 5.52. The van der Waals surface area contributed by atoms with Crippen LogP contribution in [0.15, 0.2) is 41.5 Å². The number of benzene rings is 1. The molecule has 0 amide bonds. The van der Waals surface area contributed by atoms with Crippen molar-refractivity contribution in [2.24, 2.45) is 4.99 Å². The maximum atomic E-state index is 5.95. The van der Waals surface area contributed by atoms with Crippen LogP contribution < -0.4 is 5.32 Å². The molecule has 1 N–H and O–H groups in total. The van der Waals surface area contributed by atoms with Gasteiger partial charge in [-0.3, -0.25) is 4.99 Å². The Bertz CT molecular complexity index is 773. The van der Waals surface area contributed by atoms with E-state index in [0.29, 0.717) is 0 Å². The first-order valence-electron chi connectivity index (χ1n) is 10.1. The number of ether oxygens (including phenoxy) is 2. The monoisotopic (exact) mass is 498 g/mol. The zero-order valence-corrected chi connectivity index (χ0v) is 18.9. The van der Waals surface area contributed by atoms with Gasteiger partial charge in [0.1, 0.15) is 6.10 Å². The minimum atomic E-state index is 0. The van der Waals surface area contributed by atoms with Crippen LogP contribution in [0.1, 0.15) is 19.3 Å². The van der Waals surface area contributed by atoms with Crippen molar-refractivity contribution in [3.05, 3.63) is 36.5 Å². The molecule has 154 valence electrons. The maximum Gasteiger partial charge on any atom is 0.193 e. The second-order valence-electron chi connectivity index (χ2n) is 7.30. The van der Waals surface area contributed by atoms with E-state index < -0.39 is 0 Å². The van der Waals surface area contributed by atoms with Crippen molar-refractivity contribution >= 4 is 40.8 Å². The molecule has 2 fully saturated rings. The van der Waals surface area contributed by atoms with Crippen molar-refractivity contribution in [2.75, 3.05) is 39.9 Å². The fourth-order valence-electron chi connectivity index (χ4n) is 4.11. The minimum Gasteiger partial charge on any atom is -0.375 e. The topological polar surface area (TPSA) is 51.0 Å². The van der Waals surface area contributed by atoms with Gasteiger partial charge in [-0.15, -0.1) is 24.0 Å². The largest absolute Gasteiger partial charge is 0.375 e. The Balaban J connectivity index is 0.00000225. The molecule has 2 saturated heterocycles. The van der Waals surface area contributed by atoms with E-state index in [4.69, 9.17) is 9.47 Å². The van der Waals surface area contributed by atoms with Crippen molar-refractivity contribution < 1.29 is 9.47 Å². The first-order valence-corrected chi connectivity index (χ1v) is 10.1. The number of guanidine groups is 1. The number of nitrogens with one attached hydrogen (secondary N) is 1. The molecule has 2 aromatic rings. The van der Waals surface area contributed by atoms with Crippen LogP contribution in [0.3, 0.4) is 0 Å². The summed E-state index contributed by atoms with van der Waals surface area (Å²) in [5.41, 5.74) is 1.30. The predicted molar refractivity (Wildman–Crippen MR) is 124 cm³/mol. The van der Waals surface area contributed by atoms with Crippen LogP contribution >= 0.6 is 24.0 Å². The van der Waals surface area contributed by atoms with Gasteiger partial charge in [0.25, 0.3) is 0 Å². The maximum absolute atomic E-state index is 5.95. The highest BCUT2D eigenvalue weighted by molar-refractivity contribution is 14.0. The molecule has 0 bridgehead atoms. The Labute approximate surface area is 184 Å². The lowest BCUT2D eigenvalue weighted by atomic mass is 10.1. The van der Waals surface area contributed by atoms with E-state index in [9.17, 15) is 0 Å². The Morgan fingerprint density at radius 3 is 2.86 bits per heavy atom. The summed E-state index contributed by atoms with van der Waals surface area (Å²) in [4.78, 5) is 6.79. The van der Waals surface area contributed by atoms with Gasteiger partial charge in [0.2, 0.25) is 0 Å². The summed E-state index contributed by atoms with van der Waals surface area (Å²) in [5, 5.41) is 4.83. The first kappa shape index (κ1) is 21.4. The average molecular weight is 498 g/mol. The van der Waals surface area contributed by atoms with Crippen LogP contribution in [0.2, 0.25) is 0 Å². The molecule has 4 rings (SSSR count). The van der Waals surface area contributed by atoms with Gasteiger partial charge in [-0.2, -0.15) is 0 Å². The summed E-state index contributed by atoms with van der Waals surface area (Å²) in [6.07, 6.45) is 5.88. The molecule has 0 aliphatic carbocycles. The Morgan fingerprint density at radius 2 is 2.04 bits per heavy atom. The van der Waals surface area contributed by atoms with E-state index in [0.717, 1.165) is 64.6 Å². The quantitative estimate of drug-likeness (QED) is 0.298. The highest BCUT2D eigenvalue weighted by atomic mass is 127. The number of halogens is 1. The molecule has 7 heteroatoms. The Kier molecular flexibility index (Phi) is 7.99. The summed E-state index contributed by atoms with van der Waals surface area (Å²) in [6, 6.07) is 10.7. The Morgan fingerprint density at radius 1 is 1.18 bits per heavy atom. The predicted octanol–water partition coefficient (Wildman–Crippen LogP) is 3.10. The van der Waals surface area contributed by atoms with Crippen LogP contribution in [-0.4, -0.2) is 67.5 Å². The summed E-state index contributed by atoms with van der Waals surface area (Å²) in [7, 11) is 1.86. The lowest BCUT2D eigenvalue weighted by Crippen LogP contribution is -2.53. The van der Waals surface area contributed by atoms with Gasteiger partial charge in [-0.25, -0.2) is 0 Å². The van der Waals surface area contributed by atoms with Crippen molar-refractivity contribution in [1.82, 2.24) is 14.8 Å². The number of morpholine rings is 1. The summed E-state index contributed by atoms with van der Waals surface area (Å²) in [6.45, 7) is 5.24. The number of nitrogens with zero attached hydrogens (tertiary/aromatic N) is 3. The summed E-state index contributed by atoms with van der Waals surface area (Å²) < 4.78 is 14.1. The standard InChI is InChI=1S/C21H30N4O2.HI/c1-22-21(25-13-15-27-20(16-25)19-8-4-14-26-19)23-10-5-11-24-12-9-17-6-2-3-7-18(17)24;/h2-3,6-7,9,12,19-20H,4-5,8,10-11,13-16H2,1H3,(H,22,23);1H. The van der Waals surface area contributed by atoms with Gasteiger partial charge >= 0.3 is 0 Å². The number of aliphatic imine (C=N–C) groups is 1. The molecule has 2 atom stereocenters. The molecule has 6 nitrogen and oxygen atoms in total. The van der Waals surface area contributed by atoms with Gasteiger partial charge in [0, 0.05) is 51.5 Å². The summed E-state index contributed by atoms with van der Waals surface area (Å²) in [5.74, 6) is 0.971. The molecule has 1 aromatic heterocycles. The fraction of sp³-hybridized carbons (Fsp3) is 0.571. The fourth-order valence-corrected chi connectivity index (χ4v) is 4.11. The highest BCUT2D eigenvalue weighted by Gasteiger charge is 2.32. The minimum absolute atomic E-state index is 0. The number of rotatable bonds is 5. The molecule has 2 unspecified atom stereocenters. The highest BCUT2D eigenvalue weighted by Crippen LogP contribution is 2.21. The number of aromatic nitrogens is 1. The van der Waals surface area contributed by atoms with E-state index in [2.05, 4.69) is 56.3 Å². The van der Waals surface area contributed by atoms with E-state index in [1.165, 1.54) is 10.9 Å². The number of para-hydroxylation sites is 1. The molecule has 0 saturated carbocycles. The van der Waals surface area contributed by atoms with E-state index in [1.54, 1.807) is 0 Å². The van der Waals surface area contributed by atoms with Crippen molar-refractivity contribution in [3.8, 4) is 0 Å². The van der Waals surface area contributed by atoms with Crippen LogP contribution in [0.25, 0.3) is 10.9 Å². The van der Waals surface area contributed by atoms with Crippen molar-refractivity contribution in [1.29, 1.82) is 0 Å². The van der Waals surface area contributed by atoms with Gasteiger partial charge in [-0.1, -0.05) is 18.2 Å². The van der Waals surface area contributed by atoms with Crippen LogP contribution in [-0.2, 0) is 16.0 Å². The second kappa shape index (κ2) is 10.5. The van der Waals surface area contributed by atoms with Crippen molar-refractivity contribution in [2.45, 2.75) is 38.0 Å². The lowest BCUT2D eigenvalue weighted by Gasteiger charge is -2.37. The number of hydrogen-bond donors (Lipinski definition) is 1. The third kappa shape index (κ3) is 4.99. The summed E-state index contributed by atoms with van der Waals surface area (Å²) >= 11 is 0. The number of hydrogen-bond acceptors (Lipinski definition) is 3. The lowest BCUT2D eigenvalue weighted by molar-refractivity contribution is -0.0816. The first-order chi connectivity index (χ1) is 13.3. The Hall–Kier alpha value is -1.32. The molecule has 2 aliphatic rings. The molecule has 1 aromatic carbocycles. The van der Waals surface area contributed by atoms with Crippen LogP contribution in [0.5, 0.6) is 0 Å². The van der Waals surface area contributed by atoms with E-state index in [1.807, 2.05) is 7.05 Å². The van der Waals surface area contributed by atoms with Crippen molar-refractivity contribution in [3.63, 3.8) is 0 Å². The zero-order valence-electron chi connectivity index (χ0n) is 16.5. The molecule has 0 radical (unpaired) electrons. The molecular formula is C21H31IN4O2. The average Bonchev–Trinajstić information content (AvgIpc) is 3.39. The molecule has 0 spiro atoms. The molecule has 28 heavy (non-hydrogen) atoms. The van der Waals surface area contributed by atoms with Gasteiger partial charge in [-0.05, 0) is 36.8 Å². The van der Waals surface area contributed by atoms with Crippen LogP contribution in [0, 0.1) is 0 Å².